The fraction of sp³-hybridized carbons (Fsp3) is 0.478. The van der Waals surface area contributed by atoms with Crippen LogP contribution in [0.2, 0.25) is 0 Å². The average molecular weight is 346 g/mol. The highest BCUT2D eigenvalue weighted by Gasteiger charge is 2.50. The van der Waals surface area contributed by atoms with Crippen molar-refractivity contribution in [3.8, 4) is 0 Å². The first kappa shape index (κ1) is 16.0. The lowest BCUT2D eigenvalue weighted by Crippen LogP contribution is -2.41. The molecule has 2 aromatic rings. The largest absolute Gasteiger partial charge is 0.294 e. The summed E-state index contributed by atoms with van der Waals surface area (Å²) in [5.74, 6) is 0.895. The molecule has 1 aromatic carbocycles. The molecule has 1 N–H and O–H groups in total. The lowest BCUT2D eigenvalue weighted by atomic mass is 9.58. The molecule has 5 rings (SSSR count). The van der Waals surface area contributed by atoms with Gasteiger partial charge in [-0.3, -0.25) is 9.89 Å². The number of nitrogens with one attached hydrogen (secondary N) is 1. The van der Waals surface area contributed by atoms with E-state index in [0.29, 0.717) is 18.1 Å². The molecule has 26 heavy (non-hydrogen) atoms. The molecular formula is C23H26N2O. The van der Waals surface area contributed by atoms with Gasteiger partial charge in [-0.15, -0.1) is 0 Å². The summed E-state index contributed by atoms with van der Waals surface area (Å²) in [6, 6.07) is 10.6. The van der Waals surface area contributed by atoms with E-state index in [0.717, 1.165) is 18.4 Å². The van der Waals surface area contributed by atoms with Crippen LogP contribution in [-0.4, -0.2) is 16.0 Å². The number of carbonyl (C=O) groups excluding carboxylic acids is 1. The lowest BCUT2D eigenvalue weighted by molar-refractivity contribution is -0.118. The normalized spacial score (nSPS) is 27.3. The van der Waals surface area contributed by atoms with Crippen molar-refractivity contribution in [2.24, 2.45) is 5.41 Å². The van der Waals surface area contributed by atoms with E-state index in [2.05, 4.69) is 56.2 Å². The third kappa shape index (κ3) is 2.19. The lowest BCUT2D eigenvalue weighted by Gasteiger charge is -2.44. The Hall–Kier alpha value is -2.16. The van der Waals surface area contributed by atoms with Crippen LogP contribution in [0.25, 0.3) is 0 Å². The molecule has 1 saturated carbocycles. The van der Waals surface area contributed by atoms with Crippen LogP contribution in [0, 0.1) is 5.41 Å². The number of ketones is 1. The first-order valence-electron chi connectivity index (χ1n) is 9.79. The van der Waals surface area contributed by atoms with Gasteiger partial charge >= 0.3 is 0 Å². The molecule has 1 heterocycles. The second-order valence-electron chi connectivity index (χ2n) is 9.32. The molecular weight excluding hydrogens is 320 g/mol. The van der Waals surface area contributed by atoms with Crippen LogP contribution in [0.3, 0.4) is 0 Å². The second kappa shape index (κ2) is 5.18. The molecule has 3 heteroatoms. The number of carbonyl (C=O) groups is 1. The van der Waals surface area contributed by atoms with E-state index >= 15 is 0 Å². The van der Waals surface area contributed by atoms with Crippen molar-refractivity contribution in [2.45, 2.75) is 64.2 Å². The monoisotopic (exact) mass is 346 g/mol. The summed E-state index contributed by atoms with van der Waals surface area (Å²) in [6.07, 6.45) is 4.92. The molecule has 1 atom stereocenters. The number of hydrogen-bond acceptors (Lipinski definition) is 2. The molecule has 0 aliphatic heterocycles. The van der Waals surface area contributed by atoms with Crippen molar-refractivity contribution in [2.75, 3.05) is 0 Å². The summed E-state index contributed by atoms with van der Waals surface area (Å²) in [6.45, 7) is 6.69. The molecule has 1 aromatic heterocycles. The van der Waals surface area contributed by atoms with Crippen LogP contribution in [-0.2, 0) is 16.6 Å². The Morgan fingerprint density at radius 2 is 1.81 bits per heavy atom. The number of Topliss-reactive ketones (excluding diaryl/α,β-unsaturated/α-hetero) is 1. The van der Waals surface area contributed by atoms with Crippen molar-refractivity contribution in [1.29, 1.82) is 0 Å². The minimum Gasteiger partial charge on any atom is -0.294 e. The fourth-order valence-corrected chi connectivity index (χ4v) is 5.36. The van der Waals surface area contributed by atoms with Crippen molar-refractivity contribution in [3.63, 3.8) is 0 Å². The maximum Gasteiger partial charge on any atom is 0.160 e. The van der Waals surface area contributed by atoms with Gasteiger partial charge in [-0.05, 0) is 37.2 Å². The fourth-order valence-electron chi connectivity index (χ4n) is 5.36. The van der Waals surface area contributed by atoms with Crippen molar-refractivity contribution >= 4 is 5.78 Å². The zero-order valence-electron chi connectivity index (χ0n) is 15.9. The molecule has 0 spiro atoms. The smallest absolute Gasteiger partial charge is 0.160 e. The van der Waals surface area contributed by atoms with E-state index in [-0.39, 0.29) is 10.8 Å². The van der Waals surface area contributed by atoms with Gasteiger partial charge in [0.25, 0.3) is 0 Å². The molecule has 0 amide bonds. The Morgan fingerprint density at radius 1 is 1.08 bits per heavy atom. The highest BCUT2D eigenvalue weighted by Crippen LogP contribution is 2.55. The van der Waals surface area contributed by atoms with Crippen LogP contribution in [0.1, 0.15) is 74.9 Å². The molecule has 1 fully saturated rings. The molecule has 1 unspecified atom stereocenters. The zero-order valence-corrected chi connectivity index (χ0v) is 15.9. The number of aromatic amines is 1. The van der Waals surface area contributed by atoms with Gasteiger partial charge in [0, 0.05) is 41.0 Å². The summed E-state index contributed by atoms with van der Waals surface area (Å²) < 4.78 is 0. The van der Waals surface area contributed by atoms with E-state index in [1.165, 1.54) is 40.9 Å². The topological polar surface area (TPSA) is 45.8 Å². The molecule has 3 aliphatic carbocycles. The summed E-state index contributed by atoms with van der Waals surface area (Å²) in [4.78, 5) is 13.4. The van der Waals surface area contributed by atoms with Gasteiger partial charge in [0.05, 0.1) is 5.69 Å². The van der Waals surface area contributed by atoms with Crippen molar-refractivity contribution in [3.05, 3.63) is 64.0 Å². The third-order valence-electron chi connectivity index (χ3n) is 6.54. The van der Waals surface area contributed by atoms with E-state index in [1.807, 2.05) is 0 Å². The zero-order chi connectivity index (χ0) is 18.1. The maximum absolute atomic E-state index is 13.4. The standard InChI is InChI=1S/C23H26N2O/c1-22(2)12-15-11-17-20(21(25-24-17)14-9-10-14)23(3,19(15)18(26)13-22)16-7-5-4-6-8-16/h4-8,14H,9-13H2,1-3H3,(H,24,25). The summed E-state index contributed by atoms with van der Waals surface area (Å²) in [7, 11) is 0. The molecule has 3 aliphatic rings. The van der Waals surface area contributed by atoms with Crippen LogP contribution in [0.5, 0.6) is 0 Å². The number of hydrogen-bond donors (Lipinski definition) is 1. The second-order valence-corrected chi connectivity index (χ2v) is 9.32. The van der Waals surface area contributed by atoms with E-state index in [9.17, 15) is 4.79 Å². The molecule has 3 nitrogen and oxygen atoms in total. The van der Waals surface area contributed by atoms with E-state index < -0.39 is 0 Å². The first-order valence-corrected chi connectivity index (χ1v) is 9.79. The minimum absolute atomic E-state index is 0.0460. The number of allylic oxidation sites excluding steroid dienone is 2. The van der Waals surface area contributed by atoms with Crippen LogP contribution in [0.15, 0.2) is 41.5 Å². The van der Waals surface area contributed by atoms with Gasteiger partial charge in [0.15, 0.2) is 5.78 Å². The Kier molecular flexibility index (Phi) is 3.20. The Morgan fingerprint density at radius 3 is 2.50 bits per heavy atom. The number of fused-ring (bicyclic) bond motifs is 1. The highest BCUT2D eigenvalue weighted by molar-refractivity contribution is 6.01. The number of aromatic nitrogens is 2. The van der Waals surface area contributed by atoms with Crippen LogP contribution < -0.4 is 0 Å². The predicted molar refractivity (Wildman–Crippen MR) is 102 cm³/mol. The maximum atomic E-state index is 13.4. The van der Waals surface area contributed by atoms with Gasteiger partial charge in [-0.25, -0.2) is 0 Å². The molecule has 134 valence electrons. The van der Waals surface area contributed by atoms with E-state index in [4.69, 9.17) is 5.10 Å². The SMILES string of the molecule is CC1(C)CC(=O)C2=C(Cc3[nH]nc(C4CC4)c3C2(C)c2ccccc2)C1. The van der Waals surface area contributed by atoms with Gasteiger partial charge in [0.2, 0.25) is 0 Å². The number of benzene rings is 1. The Balaban J connectivity index is 1.79. The van der Waals surface area contributed by atoms with E-state index in [1.54, 1.807) is 0 Å². The number of H-pyrrole nitrogens is 1. The predicted octanol–water partition coefficient (Wildman–Crippen LogP) is 4.83. The quantitative estimate of drug-likeness (QED) is 0.846. The number of nitrogens with zero attached hydrogens (tertiary/aromatic N) is 1. The highest BCUT2D eigenvalue weighted by atomic mass is 16.1. The summed E-state index contributed by atoms with van der Waals surface area (Å²) >= 11 is 0. The van der Waals surface area contributed by atoms with Crippen LogP contribution in [0.4, 0.5) is 0 Å². The molecule has 0 bridgehead atoms. The van der Waals surface area contributed by atoms with Gasteiger partial charge in [0.1, 0.15) is 0 Å². The molecule has 0 saturated heterocycles. The average Bonchev–Trinajstić information content (AvgIpc) is 3.34. The summed E-state index contributed by atoms with van der Waals surface area (Å²) in [5, 5.41) is 8.09. The van der Waals surface area contributed by atoms with Gasteiger partial charge in [-0.2, -0.15) is 5.10 Å². The van der Waals surface area contributed by atoms with Gasteiger partial charge in [-0.1, -0.05) is 49.8 Å². The van der Waals surface area contributed by atoms with Crippen molar-refractivity contribution in [1.82, 2.24) is 10.2 Å². The number of rotatable bonds is 2. The Bertz CT molecular complexity index is 930. The van der Waals surface area contributed by atoms with Gasteiger partial charge < -0.3 is 0 Å². The minimum atomic E-state index is -0.386. The molecule has 0 radical (unpaired) electrons. The third-order valence-corrected chi connectivity index (χ3v) is 6.54. The van der Waals surface area contributed by atoms with Crippen LogP contribution >= 0.6 is 0 Å². The first-order chi connectivity index (χ1) is 12.4. The van der Waals surface area contributed by atoms with Crippen molar-refractivity contribution < 1.29 is 4.79 Å². The Labute approximate surface area is 154 Å². The summed E-state index contributed by atoms with van der Waals surface area (Å²) in [5.41, 5.74) is 6.96.